The van der Waals surface area contributed by atoms with Crippen LogP contribution in [0.3, 0.4) is 0 Å². The monoisotopic (exact) mass is 786 g/mol. The van der Waals surface area contributed by atoms with Crippen LogP contribution in [0.15, 0.2) is 93.3 Å². The average molecular weight is 788 g/mol. The molecular weight excluding hydrogens is 740 g/mol. The minimum absolute atomic E-state index is 0.0700. The maximum atomic E-state index is 7.00. The van der Waals surface area contributed by atoms with E-state index in [4.69, 9.17) is 45.0 Å². The predicted octanol–water partition coefficient (Wildman–Crippen LogP) is 7.98. The summed E-state index contributed by atoms with van der Waals surface area (Å²) in [6.07, 6.45) is 0. The summed E-state index contributed by atoms with van der Waals surface area (Å²) in [6.45, 7) is 14.8. The Labute approximate surface area is 319 Å². The third-order valence-electron chi connectivity index (χ3n) is 8.76. The third-order valence-corrected chi connectivity index (χ3v) is 9.25. The molecular formula is C41H47BrN4O7. The molecule has 12 heteroatoms. The van der Waals surface area contributed by atoms with Gasteiger partial charge in [0.2, 0.25) is 0 Å². The molecule has 5 N–H and O–H groups in total. The van der Waals surface area contributed by atoms with Crippen LogP contribution in [0, 0.1) is 10.8 Å². The maximum Gasteiger partial charge on any atom is 0.283 e. The molecule has 4 aliphatic rings. The number of nitrogens with zero attached hydrogens (tertiary/aromatic N) is 2. The number of nitrogens with two attached hydrogens (primary N) is 2. The van der Waals surface area contributed by atoms with Crippen LogP contribution in [-0.4, -0.2) is 50.7 Å². The number of hydrogen-bond donors (Lipinski definition) is 3. The predicted molar refractivity (Wildman–Crippen MR) is 208 cm³/mol. The van der Waals surface area contributed by atoms with Gasteiger partial charge in [-0.3, -0.25) is 0 Å². The van der Waals surface area contributed by atoms with E-state index in [2.05, 4.69) is 67.5 Å². The number of halogens is 1. The van der Waals surface area contributed by atoms with Gasteiger partial charge in [0.25, 0.3) is 12.0 Å². The zero-order valence-corrected chi connectivity index (χ0v) is 32.7. The summed E-state index contributed by atoms with van der Waals surface area (Å²) in [6, 6.07) is 25.8. The number of amidine groups is 2. The lowest BCUT2D eigenvalue weighted by molar-refractivity contribution is 0.197. The topological polar surface area (TPSA) is 152 Å². The molecule has 0 aliphatic carbocycles. The van der Waals surface area contributed by atoms with Gasteiger partial charge in [-0.15, -0.1) is 0 Å². The Hall–Kier alpha value is -4.94. The molecule has 0 aromatic heterocycles. The highest BCUT2D eigenvalue weighted by atomic mass is 79.9. The van der Waals surface area contributed by atoms with Gasteiger partial charge in [0.05, 0.1) is 13.2 Å². The Morgan fingerprint density at radius 1 is 0.623 bits per heavy atom. The largest absolute Gasteiger partial charge is 0.493 e. The Kier molecular flexibility index (Phi) is 10.3. The van der Waals surface area contributed by atoms with Gasteiger partial charge in [0.15, 0.2) is 11.1 Å². The fourth-order valence-corrected chi connectivity index (χ4v) is 6.74. The Morgan fingerprint density at radius 3 is 1.49 bits per heavy atom. The first-order valence-electron chi connectivity index (χ1n) is 17.4. The van der Waals surface area contributed by atoms with Crippen molar-refractivity contribution < 1.29 is 33.5 Å². The molecule has 8 rings (SSSR count). The van der Waals surface area contributed by atoms with Crippen molar-refractivity contribution in [3.05, 3.63) is 106 Å². The van der Waals surface area contributed by atoms with Gasteiger partial charge in [-0.2, -0.15) is 0 Å². The molecule has 0 fully saturated rings. The number of rotatable bonds is 4. The van der Waals surface area contributed by atoms with Crippen LogP contribution in [0.5, 0.6) is 34.5 Å². The van der Waals surface area contributed by atoms with Crippen LogP contribution in [0.1, 0.15) is 63.8 Å². The summed E-state index contributed by atoms with van der Waals surface area (Å²) < 4.78 is 36.2. The number of fused-ring (bicyclic) bond motifs is 8. The highest BCUT2D eigenvalue weighted by Gasteiger charge is 2.48. The molecule has 2 atom stereocenters. The quantitative estimate of drug-likeness (QED) is 0.187. The van der Waals surface area contributed by atoms with E-state index in [1.165, 1.54) is 0 Å². The molecule has 4 heterocycles. The summed E-state index contributed by atoms with van der Waals surface area (Å²) in [5, 5.41) is 7.00. The van der Waals surface area contributed by atoms with Crippen molar-refractivity contribution in [1.82, 2.24) is 0 Å². The average Bonchev–Trinajstić information content (AvgIpc) is 3.71. The Bertz CT molecular complexity index is 2050. The lowest BCUT2D eigenvalue weighted by Gasteiger charge is -2.33. The fraction of sp³-hybridized carbons (Fsp3) is 0.366. The maximum absolute atomic E-state index is 7.00. The van der Waals surface area contributed by atoms with Crippen LogP contribution in [0.4, 0.5) is 0 Å². The molecule has 0 saturated heterocycles. The Morgan fingerprint density at radius 2 is 1.04 bits per heavy atom. The summed E-state index contributed by atoms with van der Waals surface area (Å²) in [5.74, 6) is 4.60. The summed E-state index contributed by atoms with van der Waals surface area (Å²) in [7, 11) is 1.00. The first-order valence-corrected chi connectivity index (χ1v) is 18.1. The van der Waals surface area contributed by atoms with Crippen molar-refractivity contribution in [1.29, 1.82) is 0 Å². The van der Waals surface area contributed by atoms with Crippen molar-refractivity contribution >= 4 is 28.0 Å². The summed E-state index contributed by atoms with van der Waals surface area (Å²) >= 11 is 3.54. The third kappa shape index (κ3) is 7.75. The van der Waals surface area contributed by atoms with Gasteiger partial charge in [-0.25, -0.2) is 9.98 Å². The highest BCUT2D eigenvalue weighted by Crippen LogP contribution is 2.53. The van der Waals surface area contributed by atoms with Gasteiger partial charge in [-0.05, 0) is 71.5 Å². The molecule has 0 unspecified atom stereocenters. The normalized spacial score (nSPS) is 20.2. The first kappa shape index (κ1) is 37.8. The molecule has 0 bridgehead atoms. The van der Waals surface area contributed by atoms with E-state index < -0.39 is 11.1 Å². The van der Waals surface area contributed by atoms with E-state index in [-0.39, 0.29) is 22.9 Å². The minimum atomic E-state index is -0.724. The standard InChI is InChI=1S/C20H21BrN2O3.C20H22N2O3.CH4O/c1-19(2,3)10-24-13-5-7-17-15(9-13)20(11-25-18(22)23-20)14-8-12(21)4-6-16(14)26-17;1-19(2,3)11-23-13-8-9-17-15(10-13)20(12-24-18(21)22-20)14-6-4-5-7-16(14)25-17;1-2/h4-9H,10-11H2,1-3H3,(H2,22,23);4-10H,11-12H2,1-3H3,(H2,21,22);2H,1H3/t2*20-;/m00./s1. The molecule has 4 aliphatic heterocycles. The number of aliphatic hydroxyl groups is 1. The van der Waals surface area contributed by atoms with E-state index in [0.717, 1.165) is 68.3 Å². The molecule has 4 aromatic rings. The number of ether oxygens (including phenoxy) is 6. The fourth-order valence-electron chi connectivity index (χ4n) is 6.37. The number of para-hydroxylation sites is 1. The van der Waals surface area contributed by atoms with Gasteiger partial charge >= 0.3 is 0 Å². The number of hydrogen-bond acceptors (Lipinski definition) is 11. The van der Waals surface area contributed by atoms with Crippen LogP contribution >= 0.6 is 15.9 Å². The second-order valence-electron chi connectivity index (χ2n) is 15.6. The van der Waals surface area contributed by atoms with E-state index in [1.807, 2.05) is 78.9 Å². The molecule has 53 heavy (non-hydrogen) atoms. The lowest BCUT2D eigenvalue weighted by atomic mass is 9.81. The van der Waals surface area contributed by atoms with E-state index >= 15 is 0 Å². The second-order valence-corrected chi connectivity index (χ2v) is 16.5. The zero-order chi connectivity index (χ0) is 38.2. The van der Waals surface area contributed by atoms with Crippen LogP contribution < -0.4 is 30.4 Å². The molecule has 0 saturated carbocycles. The van der Waals surface area contributed by atoms with Gasteiger partial charge in [0, 0.05) is 33.8 Å². The Balaban J connectivity index is 0.000000173. The molecule has 0 amide bonds. The van der Waals surface area contributed by atoms with Gasteiger partial charge in [-0.1, -0.05) is 75.7 Å². The number of benzene rings is 4. The first-order chi connectivity index (χ1) is 25.1. The molecule has 11 nitrogen and oxygen atoms in total. The number of aliphatic hydroxyl groups excluding tert-OH is 1. The smallest absolute Gasteiger partial charge is 0.283 e. The van der Waals surface area contributed by atoms with Crippen LogP contribution in [0.25, 0.3) is 0 Å². The summed E-state index contributed by atoms with van der Waals surface area (Å²) in [5.41, 5.74) is 14.2. The minimum Gasteiger partial charge on any atom is -0.493 e. The second kappa shape index (κ2) is 14.5. The van der Waals surface area contributed by atoms with Gasteiger partial charge in [0.1, 0.15) is 47.7 Å². The van der Waals surface area contributed by atoms with Crippen molar-refractivity contribution in [2.24, 2.45) is 32.3 Å². The van der Waals surface area contributed by atoms with Crippen LogP contribution in [0.2, 0.25) is 0 Å². The van der Waals surface area contributed by atoms with E-state index in [0.29, 0.717) is 26.4 Å². The van der Waals surface area contributed by atoms with Crippen molar-refractivity contribution in [2.75, 3.05) is 33.5 Å². The van der Waals surface area contributed by atoms with Crippen LogP contribution in [-0.2, 0) is 20.6 Å². The SMILES string of the molecule is CC(C)(C)COc1ccc2c(c1)[C@]1(COC(N)=N1)c1cc(Br)ccc1O2.CC(C)(C)COc1ccc2c(c1)[C@]1(COC(N)=N1)c1ccccc1O2.CO. The molecule has 2 spiro atoms. The molecule has 0 radical (unpaired) electrons. The summed E-state index contributed by atoms with van der Waals surface area (Å²) in [4.78, 5) is 9.32. The number of aliphatic imine (C=N–C) groups is 2. The highest BCUT2D eigenvalue weighted by molar-refractivity contribution is 9.10. The van der Waals surface area contributed by atoms with Crippen molar-refractivity contribution in [2.45, 2.75) is 52.6 Å². The zero-order valence-electron chi connectivity index (χ0n) is 31.2. The van der Waals surface area contributed by atoms with E-state index in [9.17, 15) is 0 Å². The molecule has 280 valence electrons. The van der Waals surface area contributed by atoms with Crippen molar-refractivity contribution in [3.8, 4) is 34.5 Å². The van der Waals surface area contributed by atoms with E-state index in [1.54, 1.807) is 0 Å². The molecule has 4 aromatic carbocycles. The van der Waals surface area contributed by atoms with Gasteiger partial charge < -0.3 is 45.0 Å². The lowest BCUT2D eigenvalue weighted by Crippen LogP contribution is -2.31. The van der Waals surface area contributed by atoms with Crippen molar-refractivity contribution in [3.63, 3.8) is 0 Å².